The lowest BCUT2D eigenvalue weighted by Crippen LogP contribution is -1.95. The molecule has 0 fully saturated rings. The molecular weight excluding hydrogens is 314 g/mol. The molecule has 3 aromatic heterocycles. The predicted molar refractivity (Wildman–Crippen MR) is 88.1 cm³/mol. The molecular formula is C14H19N7OS. The molecule has 8 nitrogen and oxygen atoms in total. The van der Waals surface area contributed by atoms with Crippen molar-refractivity contribution in [1.29, 1.82) is 0 Å². The molecule has 0 atom stereocenters. The van der Waals surface area contributed by atoms with E-state index in [9.17, 15) is 0 Å². The Hall–Kier alpha value is -2.29. The van der Waals surface area contributed by atoms with Crippen LogP contribution in [0.15, 0.2) is 16.4 Å². The number of hydrogen-bond donors (Lipinski definition) is 1. The van der Waals surface area contributed by atoms with Gasteiger partial charge in [0.15, 0.2) is 22.9 Å². The van der Waals surface area contributed by atoms with Gasteiger partial charge in [0.05, 0.1) is 18.5 Å². The minimum absolute atomic E-state index is 0.569. The second kappa shape index (κ2) is 6.86. The standard InChI is InChI=1S/C14H19N7OS/c1-4-6-7-11-16-18-13-12(9(3)20-21(11)13)17-19-14-10(22-5-2)8-15-23-14/h8,18H,4-7H2,1-3H3. The van der Waals surface area contributed by atoms with E-state index in [0.29, 0.717) is 23.0 Å². The van der Waals surface area contributed by atoms with E-state index in [2.05, 4.69) is 36.8 Å². The number of azo groups is 1. The molecule has 3 heterocycles. The molecule has 0 aliphatic rings. The van der Waals surface area contributed by atoms with Crippen LogP contribution in [-0.2, 0) is 6.42 Å². The fourth-order valence-electron chi connectivity index (χ4n) is 2.23. The van der Waals surface area contributed by atoms with Crippen molar-refractivity contribution in [1.82, 2.24) is 24.2 Å². The van der Waals surface area contributed by atoms with E-state index in [1.807, 2.05) is 18.4 Å². The van der Waals surface area contributed by atoms with Gasteiger partial charge in [-0.1, -0.05) is 13.3 Å². The smallest absolute Gasteiger partial charge is 0.200 e. The summed E-state index contributed by atoms with van der Waals surface area (Å²) in [5.74, 6) is 1.56. The van der Waals surface area contributed by atoms with Crippen LogP contribution in [0, 0.1) is 6.92 Å². The van der Waals surface area contributed by atoms with Crippen LogP contribution in [0.3, 0.4) is 0 Å². The molecule has 0 saturated heterocycles. The molecule has 0 unspecified atom stereocenters. The minimum Gasteiger partial charge on any atom is -0.489 e. The molecule has 122 valence electrons. The first kappa shape index (κ1) is 15.6. The van der Waals surface area contributed by atoms with Gasteiger partial charge in [0, 0.05) is 6.42 Å². The SMILES string of the molecule is CCCCc1n[nH]c2c(N=Nc3sncc3OCC)c(C)nn12. The molecule has 0 amide bonds. The lowest BCUT2D eigenvalue weighted by atomic mass is 10.2. The average Bonchev–Trinajstić information content (AvgIpc) is 3.21. The molecule has 9 heteroatoms. The van der Waals surface area contributed by atoms with Crippen LogP contribution in [0.2, 0.25) is 0 Å². The highest BCUT2D eigenvalue weighted by Gasteiger charge is 2.15. The molecule has 1 N–H and O–H groups in total. The molecule has 0 saturated carbocycles. The first-order valence-corrected chi connectivity index (χ1v) is 8.43. The monoisotopic (exact) mass is 333 g/mol. The molecule has 0 spiro atoms. The predicted octanol–water partition coefficient (Wildman–Crippen LogP) is 3.98. The summed E-state index contributed by atoms with van der Waals surface area (Å²) in [4.78, 5) is 0. The number of fused-ring (bicyclic) bond motifs is 1. The zero-order valence-corrected chi connectivity index (χ0v) is 14.2. The van der Waals surface area contributed by atoms with Crippen LogP contribution in [-0.4, -0.2) is 30.8 Å². The van der Waals surface area contributed by atoms with Gasteiger partial charge < -0.3 is 4.74 Å². The highest BCUT2D eigenvalue weighted by molar-refractivity contribution is 7.10. The van der Waals surface area contributed by atoms with Gasteiger partial charge in [-0.3, -0.25) is 5.10 Å². The first-order valence-electron chi connectivity index (χ1n) is 7.66. The van der Waals surface area contributed by atoms with Crippen molar-refractivity contribution in [3.8, 4) is 5.75 Å². The van der Waals surface area contributed by atoms with Crippen LogP contribution in [0.4, 0.5) is 10.7 Å². The number of H-pyrrole nitrogens is 1. The summed E-state index contributed by atoms with van der Waals surface area (Å²) in [6, 6.07) is 0. The Balaban J connectivity index is 1.90. The summed E-state index contributed by atoms with van der Waals surface area (Å²) < 4.78 is 11.4. The van der Waals surface area contributed by atoms with Crippen molar-refractivity contribution < 1.29 is 4.74 Å². The van der Waals surface area contributed by atoms with E-state index >= 15 is 0 Å². The Morgan fingerprint density at radius 2 is 2.22 bits per heavy atom. The van der Waals surface area contributed by atoms with Gasteiger partial charge in [0.25, 0.3) is 0 Å². The average molecular weight is 333 g/mol. The van der Waals surface area contributed by atoms with Crippen molar-refractivity contribution >= 4 is 27.9 Å². The van der Waals surface area contributed by atoms with Crippen molar-refractivity contribution in [3.05, 3.63) is 17.7 Å². The zero-order valence-electron chi connectivity index (χ0n) is 13.4. The molecule has 0 aliphatic heterocycles. The van der Waals surface area contributed by atoms with Gasteiger partial charge in [0.1, 0.15) is 0 Å². The molecule has 23 heavy (non-hydrogen) atoms. The van der Waals surface area contributed by atoms with Gasteiger partial charge in [-0.05, 0) is 31.8 Å². The van der Waals surface area contributed by atoms with Crippen molar-refractivity contribution in [2.75, 3.05) is 6.61 Å². The maximum absolute atomic E-state index is 5.47. The van der Waals surface area contributed by atoms with E-state index in [1.165, 1.54) is 11.5 Å². The Morgan fingerprint density at radius 3 is 3.00 bits per heavy atom. The van der Waals surface area contributed by atoms with Gasteiger partial charge in [0.2, 0.25) is 5.00 Å². The summed E-state index contributed by atoms with van der Waals surface area (Å²) in [7, 11) is 0. The number of nitrogens with zero attached hydrogens (tertiary/aromatic N) is 6. The van der Waals surface area contributed by atoms with Gasteiger partial charge in [-0.2, -0.15) is 19.1 Å². The lowest BCUT2D eigenvalue weighted by Gasteiger charge is -1.97. The second-order valence-corrected chi connectivity index (χ2v) is 5.85. The van der Waals surface area contributed by atoms with E-state index < -0.39 is 0 Å². The minimum atomic E-state index is 0.569. The van der Waals surface area contributed by atoms with Crippen LogP contribution >= 0.6 is 11.5 Å². The number of aromatic amines is 1. The number of aromatic nitrogens is 5. The summed E-state index contributed by atoms with van der Waals surface area (Å²) in [5.41, 5.74) is 2.26. The van der Waals surface area contributed by atoms with Crippen LogP contribution in [0.5, 0.6) is 5.75 Å². The third-order valence-electron chi connectivity index (χ3n) is 3.38. The fraction of sp³-hybridized carbons (Fsp3) is 0.500. The number of ether oxygens (including phenoxy) is 1. The quantitative estimate of drug-likeness (QED) is 0.662. The highest BCUT2D eigenvalue weighted by atomic mass is 32.1. The normalized spacial score (nSPS) is 11.8. The largest absolute Gasteiger partial charge is 0.489 e. The number of hydrogen-bond acceptors (Lipinski definition) is 7. The number of rotatable bonds is 7. The number of unbranched alkanes of at least 4 members (excludes halogenated alkanes) is 1. The highest BCUT2D eigenvalue weighted by Crippen LogP contribution is 2.34. The van der Waals surface area contributed by atoms with Crippen molar-refractivity contribution in [3.63, 3.8) is 0 Å². The summed E-state index contributed by atoms with van der Waals surface area (Å²) in [5, 5.41) is 21.1. The molecule has 0 bridgehead atoms. The summed E-state index contributed by atoms with van der Waals surface area (Å²) >= 11 is 1.25. The van der Waals surface area contributed by atoms with Crippen LogP contribution in [0.1, 0.15) is 38.2 Å². The van der Waals surface area contributed by atoms with Gasteiger partial charge >= 0.3 is 0 Å². The first-order chi connectivity index (χ1) is 11.2. The van der Waals surface area contributed by atoms with Gasteiger partial charge in [-0.25, -0.2) is 0 Å². The Bertz CT molecular complexity index is 816. The summed E-state index contributed by atoms with van der Waals surface area (Å²) in [6.45, 7) is 6.56. The van der Waals surface area contributed by atoms with Crippen LogP contribution < -0.4 is 4.74 Å². The molecule has 3 rings (SSSR count). The Kier molecular flexibility index (Phi) is 4.65. The van der Waals surface area contributed by atoms with E-state index in [0.717, 1.165) is 36.4 Å². The number of aryl methyl sites for hydroxylation is 2. The van der Waals surface area contributed by atoms with E-state index in [-0.39, 0.29) is 0 Å². The van der Waals surface area contributed by atoms with E-state index in [4.69, 9.17) is 4.74 Å². The number of nitrogens with one attached hydrogen (secondary N) is 1. The zero-order chi connectivity index (χ0) is 16.2. The fourth-order valence-corrected chi connectivity index (χ4v) is 2.76. The summed E-state index contributed by atoms with van der Waals surface area (Å²) in [6.07, 6.45) is 4.74. The Morgan fingerprint density at radius 1 is 1.35 bits per heavy atom. The molecule has 0 aromatic carbocycles. The molecule has 0 aliphatic carbocycles. The molecule has 3 aromatic rings. The Labute approximate surface area is 137 Å². The molecule has 0 radical (unpaired) electrons. The third kappa shape index (κ3) is 3.09. The second-order valence-electron chi connectivity index (χ2n) is 5.07. The van der Waals surface area contributed by atoms with Crippen LogP contribution in [0.25, 0.3) is 5.65 Å². The van der Waals surface area contributed by atoms with Gasteiger partial charge in [-0.15, -0.1) is 10.2 Å². The van der Waals surface area contributed by atoms with E-state index in [1.54, 1.807) is 6.20 Å². The third-order valence-corrected chi connectivity index (χ3v) is 4.05. The van der Waals surface area contributed by atoms with Crippen molar-refractivity contribution in [2.45, 2.75) is 40.0 Å². The lowest BCUT2D eigenvalue weighted by molar-refractivity contribution is 0.342. The maximum atomic E-state index is 5.47. The van der Waals surface area contributed by atoms with Crippen molar-refractivity contribution in [2.24, 2.45) is 10.2 Å². The maximum Gasteiger partial charge on any atom is 0.200 e. The topological polar surface area (TPSA) is 92.8 Å².